The Morgan fingerprint density at radius 1 is 1.45 bits per heavy atom. The molecule has 20 heavy (non-hydrogen) atoms. The zero-order valence-electron chi connectivity index (χ0n) is 10.5. The van der Waals surface area contributed by atoms with E-state index in [0.29, 0.717) is 24.1 Å². The largest absolute Gasteiger partial charge is 0.414 e. The Hall–Kier alpha value is -0.860. The molecule has 8 heteroatoms. The van der Waals surface area contributed by atoms with E-state index in [0.717, 1.165) is 22.5 Å². The molecule has 0 unspecified atom stereocenters. The van der Waals surface area contributed by atoms with Gasteiger partial charge in [0.2, 0.25) is 11.8 Å². The van der Waals surface area contributed by atoms with Crippen LogP contribution in [0.25, 0.3) is 0 Å². The second-order valence-corrected chi connectivity index (χ2v) is 7.85. The van der Waals surface area contributed by atoms with Crippen LogP contribution in [0.4, 0.5) is 0 Å². The summed E-state index contributed by atoms with van der Waals surface area (Å²) in [5.74, 6) is 1.48. The minimum absolute atomic E-state index is 0.167. The summed E-state index contributed by atoms with van der Waals surface area (Å²) in [4.78, 5) is 14.5. The van der Waals surface area contributed by atoms with Crippen LogP contribution in [0.3, 0.4) is 0 Å². The van der Waals surface area contributed by atoms with Crippen LogP contribution in [0.15, 0.2) is 25.6 Å². The molecule has 0 aromatic carbocycles. The molecular weight excluding hydrogens is 362 g/mol. The SMILES string of the molecule is O=C1CCCN1Cc1nnc(SCc2ccc(Br)s2)o1. The van der Waals surface area contributed by atoms with Gasteiger partial charge in [0.05, 0.1) is 10.3 Å². The van der Waals surface area contributed by atoms with E-state index < -0.39 is 0 Å². The molecule has 0 radical (unpaired) electrons. The summed E-state index contributed by atoms with van der Waals surface area (Å²) in [5, 5.41) is 8.55. The van der Waals surface area contributed by atoms with Crippen LogP contribution >= 0.6 is 39.0 Å². The maximum Gasteiger partial charge on any atom is 0.277 e. The number of nitrogens with zero attached hydrogens (tertiary/aromatic N) is 3. The predicted octanol–water partition coefficient (Wildman–Crippen LogP) is 3.31. The fourth-order valence-electron chi connectivity index (χ4n) is 1.96. The molecule has 0 aliphatic carbocycles. The summed E-state index contributed by atoms with van der Waals surface area (Å²) < 4.78 is 6.68. The predicted molar refractivity (Wildman–Crippen MR) is 80.5 cm³/mol. The topological polar surface area (TPSA) is 59.2 Å². The Morgan fingerprint density at radius 3 is 3.05 bits per heavy atom. The van der Waals surface area contributed by atoms with Crippen LogP contribution in [0, 0.1) is 0 Å². The molecule has 5 nitrogen and oxygen atoms in total. The van der Waals surface area contributed by atoms with Gasteiger partial charge in [-0.05, 0) is 34.5 Å². The summed E-state index contributed by atoms with van der Waals surface area (Å²) >= 11 is 6.64. The fraction of sp³-hybridized carbons (Fsp3) is 0.417. The van der Waals surface area contributed by atoms with Gasteiger partial charge in [-0.15, -0.1) is 21.5 Å². The number of halogens is 1. The molecule has 0 saturated carbocycles. The van der Waals surface area contributed by atoms with Crippen molar-refractivity contribution in [2.24, 2.45) is 0 Å². The average molecular weight is 374 g/mol. The van der Waals surface area contributed by atoms with Crippen LogP contribution in [0.1, 0.15) is 23.6 Å². The van der Waals surface area contributed by atoms with E-state index in [1.807, 2.05) is 6.07 Å². The number of hydrogen-bond acceptors (Lipinski definition) is 6. The lowest BCUT2D eigenvalue weighted by molar-refractivity contribution is -0.128. The lowest BCUT2D eigenvalue weighted by Crippen LogP contribution is -2.23. The minimum Gasteiger partial charge on any atom is -0.414 e. The molecule has 1 amide bonds. The number of hydrogen-bond donors (Lipinski definition) is 0. The van der Waals surface area contributed by atoms with Crippen molar-refractivity contribution in [2.45, 2.75) is 30.4 Å². The van der Waals surface area contributed by atoms with Gasteiger partial charge in [0.25, 0.3) is 5.22 Å². The third-order valence-corrected chi connectivity index (χ3v) is 5.59. The molecule has 1 aliphatic rings. The van der Waals surface area contributed by atoms with Gasteiger partial charge in [0.1, 0.15) is 0 Å². The van der Waals surface area contributed by atoms with E-state index in [4.69, 9.17) is 4.42 Å². The highest BCUT2D eigenvalue weighted by molar-refractivity contribution is 9.11. The average Bonchev–Trinajstić information content (AvgIpc) is 3.12. The van der Waals surface area contributed by atoms with Crippen molar-refractivity contribution in [1.82, 2.24) is 15.1 Å². The standard InChI is InChI=1S/C12H12BrN3O2S2/c13-9-4-3-8(20-9)7-19-12-15-14-10(18-12)6-16-5-1-2-11(16)17/h3-4H,1-2,5-7H2. The van der Waals surface area contributed by atoms with Crippen LogP contribution in [-0.2, 0) is 17.1 Å². The molecule has 0 spiro atoms. The maximum absolute atomic E-state index is 11.5. The summed E-state index contributed by atoms with van der Waals surface area (Å²) in [7, 11) is 0. The Bertz CT molecular complexity index is 613. The minimum atomic E-state index is 0.167. The second-order valence-electron chi connectivity index (χ2n) is 4.38. The maximum atomic E-state index is 11.5. The first-order chi connectivity index (χ1) is 9.70. The van der Waals surface area contributed by atoms with Crippen molar-refractivity contribution < 1.29 is 9.21 Å². The summed E-state index contributed by atoms with van der Waals surface area (Å²) in [6, 6.07) is 4.10. The van der Waals surface area contributed by atoms with E-state index in [1.54, 1.807) is 16.2 Å². The molecule has 1 aliphatic heterocycles. The summed E-state index contributed by atoms with van der Waals surface area (Å²) in [6.07, 6.45) is 1.55. The highest BCUT2D eigenvalue weighted by atomic mass is 79.9. The molecule has 3 rings (SSSR count). The molecule has 2 aromatic rings. The van der Waals surface area contributed by atoms with Crippen LogP contribution in [0.5, 0.6) is 0 Å². The van der Waals surface area contributed by atoms with E-state index in [9.17, 15) is 4.79 Å². The highest BCUT2D eigenvalue weighted by Crippen LogP contribution is 2.28. The summed E-state index contributed by atoms with van der Waals surface area (Å²) in [6.45, 7) is 1.21. The monoisotopic (exact) mass is 373 g/mol. The van der Waals surface area contributed by atoms with Crippen molar-refractivity contribution in [3.63, 3.8) is 0 Å². The lowest BCUT2D eigenvalue weighted by Gasteiger charge is -2.11. The number of likely N-dealkylation sites (tertiary alicyclic amines) is 1. The van der Waals surface area contributed by atoms with E-state index in [1.165, 1.54) is 16.6 Å². The molecule has 0 N–H and O–H groups in total. The van der Waals surface area contributed by atoms with Crippen molar-refractivity contribution in [1.29, 1.82) is 0 Å². The number of aromatic nitrogens is 2. The molecule has 3 heterocycles. The van der Waals surface area contributed by atoms with Crippen molar-refractivity contribution in [3.05, 3.63) is 26.7 Å². The van der Waals surface area contributed by atoms with Crippen molar-refractivity contribution in [2.75, 3.05) is 6.54 Å². The van der Waals surface area contributed by atoms with E-state index in [-0.39, 0.29) is 5.91 Å². The first-order valence-electron chi connectivity index (χ1n) is 6.18. The first kappa shape index (κ1) is 14.1. The quantitative estimate of drug-likeness (QED) is 0.752. The third-order valence-electron chi connectivity index (χ3n) is 2.91. The van der Waals surface area contributed by atoms with Gasteiger partial charge in [-0.3, -0.25) is 4.79 Å². The molecule has 1 fully saturated rings. The van der Waals surface area contributed by atoms with Gasteiger partial charge >= 0.3 is 0 Å². The highest BCUT2D eigenvalue weighted by Gasteiger charge is 2.22. The van der Waals surface area contributed by atoms with Gasteiger partial charge < -0.3 is 9.32 Å². The molecular formula is C12H12BrN3O2S2. The third kappa shape index (κ3) is 3.42. The fourth-order valence-corrected chi connectivity index (χ4v) is 4.26. The van der Waals surface area contributed by atoms with Crippen LogP contribution in [-0.4, -0.2) is 27.5 Å². The van der Waals surface area contributed by atoms with Gasteiger partial charge in [0.15, 0.2) is 0 Å². The number of rotatable bonds is 5. The summed E-state index contributed by atoms with van der Waals surface area (Å²) in [5.41, 5.74) is 0. The number of thiophene rings is 1. The molecule has 0 atom stereocenters. The normalized spacial score (nSPS) is 15.2. The van der Waals surface area contributed by atoms with Gasteiger partial charge in [-0.25, -0.2) is 0 Å². The smallest absolute Gasteiger partial charge is 0.277 e. The lowest BCUT2D eigenvalue weighted by atomic mass is 10.4. The Kier molecular flexibility index (Phi) is 4.42. The molecule has 106 valence electrons. The Balaban J connectivity index is 1.55. The van der Waals surface area contributed by atoms with E-state index >= 15 is 0 Å². The molecule has 0 bridgehead atoms. The number of carbonyl (C=O) groups excluding carboxylic acids is 1. The Morgan fingerprint density at radius 2 is 2.35 bits per heavy atom. The second kappa shape index (κ2) is 6.28. The van der Waals surface area contributed by atoms with Gasteiger partial charge in [-0.1, -0.05) is 11.8 Å². The van der Waals surface area contributed by atoms with Gasteiger partial charge in [0, 0.05) is 23.6 Å². The van der Waals surface area contributed by atoms with Crippen molar-refractivity contribution >= 4 is 44.9 Å². The molecule has 2 aromatic heterocycles. The van der Waals surface area contributed by atoms with Gasteiger partial charge in [-0.2, -0.15) is 0 Å². The van der Waals surface area contributed by atoms with Crippen LogP contribution in [0.2, 0.25) is 0 Å². The number of carbonyl (C=O) groups is 1. The molecule has 1 saturated heterocycles. The Labute approximate surface area is 132 Å². The number of thioether (sulfide) groups is 1. The van der Waals surface area contributed by atoms with Crippen molar-refractivity contribution in [3.8, 4) is 0 Å². The van der Waals surface area contributed by atoms with Crippen LogP contribution < -0.4 is 0 Å². The zero-order chi connectivity index (χ0) is 13.9. The first-order valence-corrected chi connectivity index (χ1v) is 8.77. The number of amides is 1. The zero-order valence-corrected chi connectivity index (χ0v) is 13.8. The van der Waals surface area contributed by atoms with E-state index in [2.05, 4.69) is 32.2 Å².